The maximum atomic E-state index is 12.5. The highest BCUT2D eigenvalue weighted by Crippen LogP contribution is 2.37. The van der Waals surface area contributed by atoms with Crippen LogP contribution in [0.1, 0.15) is 18.9 Å². The predicted molar refractivity (Wildman–Crippen MR) is 88.2 cm³/mol. The van der Waals surface area contributed by atoms with Gasteiger partial charge in [-0.2, -0.15) is 0 Å². The molecule has 3 rings (SSSR count). The van der Waals surface area contributed by atoms with Gasteiger partial charge in [0.1, 0.15) is 6.61 Å². The fraction of sp³-hybridized carbons (Fsp3) is 0.389. The van der Waals surface area contributed by atoms with Crippen LogP contribution in [0.25, 0.3) is 0 Å². The Morgan fingerprint density at radius 2 is 2.00 bits per heavy atom. The molecule has 0 saturated carbocycles. The summed E-state index contributed by atoms with van der Waals surface area (Å²) in [6.45, 7) is 5.64. The molecular weight excluding hydrogens is 324 g/mol. The van der Waals surface area contributed by atoms with E-state index in [0.29, 0.717) is 13.0 Å². The van der Waals surface area contributed by atoms with E-state index in [4.69, 9.17) is 9.47 Å². The number of ether oxygens (including phenoxy) is 2. The zero-order chi connectivity index (χ0) is 18.0. The highest BCUT2D eigenvalue weighted by Gasteiger charge is 2.56. The van der Waals surface area contributed by atoms with E-state index >= 15 is 0 Å². The van der Waals surface area contributed by atoms with Crippen LogP contribution in [-0.2, 0) is 20.9 Å². The zero-order valence-electron chi connectivity index (χ0n) is 14.0. The third-order valence-corrected chi connectivity index (χ3v) is 4.71. The predicted octanol–water partition coefficient (Wildman–Crippen LogP) is 2.52. The number of imide groups is 1. The number of likely N-dealkylation sites (tertiary alicyclic amines) is 2. The van der Waals surface area contributed by atoms with Crippen LogP contribution in [0, 0.1) is 5.92 Å². The van der Waals surface area contributed by atoms with Crippen molar-refractivity contribution < 1.29 is 23.9 Å². The lowest BCUT2D eigenvalue weighted by Crippen LogP contribution is -2.43. The molecule has 3 amide bonds. The molecule has 3 atom stereocenters. The molecule has 0 radical (unpaired) electrons. The Balaban J connectivity index is 1.69. The monoisotopic (exact) mass is 344 g/mol. The summed E-state index contributed by atoms with van der Waals surface area (Å²) in [6, 6.07) is 8.58. The molecule has 1 aromatic carbocycles. The number of rotatable bonds is 3. The van der Waals surface area contributed by atoms with Crippen LogP contribution in [0.4, 0.5) is 9.59 Å². The maximum absolute atomic E-state index is 12.5. The lowest BCUT2D eigenvalue weighted by atomic mass is 10.0. The van der Waals surface area contributed by atoms with Crippen molar-refractivity contribution in [1.82, 2.24) is 9.80 Å². The molecule has 0 aromatic heterocycles. The number of carbonyl (C=O) groups excluding carboxylic acids is 3. The molecule has 2 aliphatic heterocycles. The minimum Gasteiger partial charge on any atom is -0.445 e. The van der Waals surface area contributed by atoms with Crippen molar-refractivity contribution in [2.45, 2.75) is 32.0 Å². The molecule has 1 aromatic rings. The van der Waals surface area contributed by atoms with Gasteiger partial charge in [-0.15, -0.1) is 0 Å². The second-order valence-electron chi connectivity index (χ2n) is 6.13. The molecule has 132 valence electrons. The van der Waals surface area contributed by atoms with Gasteiger partial charge in [0.05, 0.1) is 24.3 Å². The van der Waals surface area contributed by atoms with Crippen molar-refractivity contribution in [3.63, 3.8) is 0 Å². The molecule has 0 unspecified atom stereocenters. The van der Waals surface area contributed by atoms with Gasteiger partial charge < -0.3 is 14.4 Å². The minimum atomic E-state index is -0.751. The van der Waals surface area contributed by atoms with Crippen LogP contribution in [0.5, 0.6) is 0 Å². The molecule has 0 aliphatic carbocycles. The number of carbonyl (C=O) groups is 3. The molecule has 2 saturated heterocycles. The third kappa shape index (κ3) is 3.09. The van der Waals surface area contributed by atoms with Gasteiger partial charge in [0.15, 0.2) is 0 Å². The first-order valence-electron chi connectivity index (χ1n) is 8.16. The van der Waals surface area contributed by atoms with Crippen molar-refractivity contribution in [3.8, 4) is 0 Å². The Labute approximate surface area is 145 Å². The summed E-state index contributed by atoms with van der Waals surface area (Å²) in [4.78, 5) is 39.5. The SMILES string of the molecule is C=COC(=O)N1C(=O)[C@@H](C)[C@@H]2[C@@H]1CCN2C(=O)OCc1ccccc1. The van der Waals surface area contributed by atoms with E-state index < -0.39 is 24.1 Å². The van der Waals surface area contributed by atoms with Crippen molar-refractivity contribution in [3.05, 3.63) is 48.7 Å². The zero-order valence-corrected chi connectivity index (χ0v) is 14.0. The first-order chi connectivity index (χ1) is 12.0. The number of nitrogens with zero attached hydrogens (tertiary/aromatic N) is 2. The van der Waals surface area contributed by atoms with Gasteiger partial charge in [-0.3, -0.25) is 4.79 Å². The van der Waals surface area contributed by atoms with Crippen LogP contribution in [0.2, 0.25) is 0 Å². The van der Waals surface area contributed by atoms with E-state index in [-0.39, 0.29) is 18.6 Å². The summed E-state index contributed by atoms with van der Waals surface area (Å²) in [6.07, 6.45) is 0.274. The molecule has 2 heterocycles. The lowest BCUT2D eigenvalue weighted by Gasteiger charge is -2.25. The van der Waals surface area contributed by atoms with Crippen LogP contribution in [0.3, 0.4) is 0 Å². The number of hydrogen-bond acceptors (Lipinski definition) is 5. The van der Waals surface area contributed by atoms with E-state index in [1.165, 1.54) is 4.90 Å². The van der Waals surface area contributed by atoms with Crippen molar-refractivity contribution in [2.24, 2.45) is 5.92 Å². The average Bonchev–Trinajstić information content (AvgIpc) is 3.14. The third-order valence-electron chi connectivity index (χ3n) is 4.71. The molecule has 0 spiro atoms. The van der Waals surface area contributed by atoms with Gasteiger partial charge >= 0.3 is 12.2 Å². The molecular formula is C18H20N2O5. The largest absolute Gasteiger partial charge is 0.445 e. The molecule has 2 aliphatic rings. The highest BCUT2D eigenvalue weighted by atomic mass is 16.6. The Morgan fingerprint density at radius 1 is 1.28 bits per heavy atom. The summed E-state index contributed by atoms with van der Waals surface area (Å²) in [5.74, 6) is -0.837. The Kier molecular flexibility index (Phi) is 4.74. The number of fused-ring (bicyclic) bond motifs is 1. The standard InChI is InChI=1S/C18H20N2O5/c1-3-24-18(23)20-14-9-10-19(15(14)12(2)16(20)21)17(22)25-11-13-7-5-4-6-8-13/h3-8,12,14-15H,1,9-11H2,2H3/t12-,14-,15+/m0/s1. The summed E-state index contributed by atoms with van der Waals surface area (Å²) in [5.41, 5.74) is 0.887. The van der Waals surface area contributed by atoms with Gasteiger partial charge in [0.25, 0.3) is 0 Å². The smallest absolute Gasteiger partial charge is 0.421 e. The second-order valence-corrected chi connectivity index (χ2v) is 6.13. The van der Waals surface area contributed by atoms with Crippen LogP contribution in [-0.4, -0.2) is 46.5 Å². The summed E-state index contributed by atoms with van der Waals surface area (Å²) < 4.78 is 10.1. The first kappa shape index (κ1) is 17.0. The number of amides is 3. The van der Waals surface area contributed by atoms with Gasteiger partial charge in [0, 0.05) is 6.54 Å². The average molecular weight is 344 g/mol. The van der Waals surface area contributed by atoms with Gasteiger partial charge in [-0.1, -0.05) is 43.8 Å². The highest BCUT2D eigenvalue weighted by molar-refractivity contribution is 5.97. The summed E-state index contributed by atoms with van der Waals surface area (Å²) in [5, 5.41) is 0. The van der Waals surface area contributed by atoms with Crippen LogP contribution < -0.4 is 0 Å². The summed E-state index contributed by atoms with van der Waals surface area (Å²) >= 11 is 0. The number of benzene rings is 1. The molecule has 7 nitrogen and oxygen atoms in total. The van der Waals surface area contributed by atoms with Gasteiger partial charge in [-0.05, 0) is 12.0 Å². The Hall–Kier alpha value is -2.83. The van der Waals surface area contributed by atoms with Crippen molar-refractivity contribution in [2.75, 3.05) is 6.54 Å². The van der Waals surface area contributed by atoms with Gasteiger partial charge in [-0.25, -0.2) is 14.5 Å². The molecule has 0 N–H and O–H groups in total. The topological polar surface area (TPSA) is 76.2 Å². The summed E-state index contributed by atoms with van der Waals surface area (Å²) in [7, 11) is 0. The molecule has 2 fully saturated rings. The first-order valence-corrected chi connectivity index (χ1v) is 8.16. The van der Waals surface area contributed by atoms with Crippen LogP contribution >= 0.6 is 0 Å². The van der Waals surface area contributed by atoms with E-state index in [0.717, 1.165) is 16.7 Å². The van der Waals surface area contributed by atoms with E-state index in [1.807, 2.05) is 30.3 Å². The van der Waals surface area contributed by atoms with E-state index in [9.17, 15) is 14.4 Å². The van der Waals surface area contributed by atoms with E-state index in [1.54, 1.807) is 6.92 Å². The van der Waals surface area contributed by atoms with Crippen LogP contribution in [0.15, 0.2) is 43.2 Å². The van der Waals surface area contributed by atoms with E-state index in [2.05, 4.69) is 6.58 Å². The Morgan fingerprint density at radius 3 is 2.68 bits per heavy atom. The fourth-order valence-corrected chi connectivity index (χ4v) is 3.58. The molecule has 25 heavy (non-hydrogen) atoms. The quantitative estimate of drug-likeness (QED) is 0.788. The van der Waals surface area contributed by atoms with Crippen molar-refractivity contribution >= 4 is 18.1 Å². The lowest BCUT2D eigenvalue weighted by molar-refractivity contribution is -0.130. The normalized spacial score (nSPS) is 24.8. The molecule has 7 heteroatoms. The maximum Gasteiger partial charge on any atom is 0.421 e. The fourth-order valence-electron chi connectivity index (χ4n) is 3.58. The second kappa shape index (κ2) is 6.96. The minimum absolute atomic E-state index is 0.165. The number of hydrogen-bond donors (Lipinski definition) is 0. The molecule has 0 bridgehead atoms. The van der Waals surface area contributed by atoms with Crippen molar-refractivity contribution in [1.29, 1.82) is 0 Å². The van der Waals surface area contributed by atoms with Gasteiger partial charge in [0.2, 0.25) is 5.91 Å². The Bertz CT molecular complexity index is 690.